The Morgan fingerprint density at radius 3 is 2.28 bits per heavy atom. The van der Waals surface area contributed by atoms with E-state index in [1.807, 2.05) is 24.3 Å². The summed E-state index contributed by atoms with van der Waals surface area (Å²) in [4.78, 5) is 28.3. The lowest BCUT2D eigenvalue weighted by Gasteiger charge is -2.34. The first-order valence-corrected chi connectivity index (χ1v) is 10.7. The fraction of sp³-hybridized carbons (Fsp3) is 0.500. The number of benzene rings is 1. The Hall–Kier alpha value is -1.45. The van der Waals surface area contributed by atoms with E-state index < -0.39 is 10.0 Å². The average molecular weight is 430 g/mol. The fourth-order valence-corrected chi connectivity index (χ4v) is 4.33. The minimum absolute atomic E-state index is 0.0598. The molecular formula is C16H20BrN3O4S. The van der Waals surface area contributed by atoms with E-state index in [9.17, 15) is 18.0 Å². The molecular weight excluding hydrogens is 410 g/mol. The van der Waals surface area contributed by atoms with Gasteiger partial charge >= 0.3 is 0 Å². The first-order valence-electron chi connectivity index (χ1n) is 8.05. The van der Waals surface area contributed by atoms with Crippen molar-refractivity contribution in [2.45, 2.75) is 6.42 Å². The number of rotatable bonds is 3. The average Bonchev–Trinajstić information content (AvgIpc) is 2.96. The molecule has 1 atom stereocenters. The van der Waals surface area contributed by atoms with Gasteiger partial charge in [0.25, 0.3) is 0 Å². The van der Waals surface area contributed by atoms with Crippen LogP contribution in [0.25, 0.3) is 0 Å². The van der Waals surface area contributed by atoms with Gasteiger partial charge in [0, 0.05) is 49.3 Å². The van der Waals surface area contributed by atoms with Crippen LogP contribution in [0.15, 0.2) is 28.7 Å². The van der Waals surface area contributed by atoms with E-state index in [-0.39, 0.29) is 24.2 Å². The van der Waals surface area contributed by atoms with Gasteiger partial charge in [-0.3, -0.25) is 9.59 Å². The Balaban J connectivity index is 1.63. The Bertz CT molecular complexity index is 773. The van der Waals surface area contributed by atoms with Crippen LogP contribution in [-0.2, 0) is 19.6 Å². The van der Waals surface area contributed by atoms with E-state index in [0.29, 0.717) is 32.7 Å². The topological polar surface area (TPSA) is 78.0 Å². The maximum atomic E-state index is 12.7. The second kappa shape index (κ2) is 7.05. The number of anilines is 1. The summed E-state index contributed by atoms with van der Waals surface area (Å²) in [6, 6.07) is 7.42. The minimum atomic E-state index is -3.22. The number of carbonyl (C=O) groups excluding carboxylic acids is 2. The maximum absolute atomic E-state index is 12.7. The van der Waals surface area contributed by atoms with Gasteiger partial charge in [0.15, 0.2) is 0 Å². The van der Waals surface area contributed by atoms with Crippen molar-refractivity contribution in [2.24, 2.45) is 5.92 Å². The number of amides is 2. The van der Waals surface area contributed by atoms with E-state index in [4.69, 9.17) is 0 Å². The van der Waals surface area contributed by atoms with E-state index in [1.54, 1.807) is 9.80 Å². The highest BCUT2D eigenvalue weighted by Gasteiger charge is 2.38. The predicted molar refractivity (Wildman–Crippen MR) is 97.6 cm³/mol. The SMILES string of the molecule is CS(=O)(=O)N1CCN(C(=O)C2CC(=O)N(c3ccc(Br)cc3)C2)CC1. The molecule has 1 unspecified atom stereocenters. The van der Waals surface area contributed by atoms with Crippen molar-refractivity contribution >= 4 is 43.5 Å². The standard InChI is InChI=1S/C16H20BrN3O4S/c1-25(23,24)19-8-6-18(7-9-19)16(22)12-10-15(21)20(11-12)14-4-2-13(17)3-5-14/h2-5,12H,6-11H2,1H3. The van der Waals surface area contributed by atoms with Crippen molar-refractivity contribution in [1.29, 1.82) is 0 Å². The van der Waals surface area contributed by atoms with Crippen molar-refractivity contribution in [3.8, 4) is 0 Å². The molecule has 2 aliphatic heterocycles. The van der Waals surface area contributed by atoms with Gasteiger partial charge in [-0.05, 0) is 24.3 Å². The summed E-state index contributed by atoms with van der Waals surface area (Å²) in [5, 5.41) is 0. The molecule has 0 aromatic heterocycles. The molecule has 7 nitrogen and oxygen atoms in total. The van der Waals surface area contributed by atoms with Crippen LogP contribution in [0.5, 0.6) is 0 Å². The van der Waals surface area contributed by atoms with Crippen LogP contribution in [0, 0.1) is 5.92 Å². The highest BCUT2D eigenvalue weighted by atomic mass is 79.9. The zero-order chi connectivity index (χ0) is 18.2. The molecule has 2 aliphatic rings. The van der Waals surface area contributed by atoms with Crippen molar-refractivity contribution in [1.82, 2.24) is 9.21 Å². The molecule has 2 heterocycles. The normalized spacial score (nSPS) is 22.5. The molecule has 136 valence electrons. The third-order valence-electron chi connectivity index (χ3n) is 4.63. The quantitative estimate of drug-likeness (QED) is 0.714. The smallest absolute Gasteiger partial charge is 0.228 e. The van der Waals surface area contributed by atoms with Crippen molar-refractivity contribution in [3.63, 3.8) is 0 Å². The third kappa shape index (κ3) is 4.04. The van der Waals surface area contributed by atoms with Crippen LogP contribution < -0.4 is 4.90 Å². The summed E-state index contributed by atoms with van der Waals surface area (Å²) in [6.45, 7) is 1.72. The molecule has 3 rings (SSSR count). The predicted octanol–water partition coefficient (Wildman–Crippen LogP) is 0.906. The molecule has 2 amide bonds. The zero-order valence-corrected chi connectivity index (χ0v) is 16.3. The first-order chi connectivity index (χ1) is 11.8. The molecule has 0 saturated carbocycles. The van der Waals surface area contributed by atoms with E-state index in [0.717, 1.165) is 10.2 Å². The highest BCUT2D eigenvalue weighted by molar-refractivity contribution is 9.10. The van der Waals surface area contributed by atoms with Crippen LogP contribution in [0.3, 0.4) is 0 Å². The summed E-state index contributed by atoms with van der Waals surface area (Å²) >= 11 is 3.36. The molecule has 0 aliphatic carbocycles. The fourth-order valence-electron chi connectivity index (χ4n) is 3.24. The Kier molecular flexibility index (Phi) is 5.17. The van der Waals surface area contributed by atoms with E-state index >= 15 is 0 Å². The molecule has 0 N–H and O–H groups in total. The summed E-state index contributed by atoms with van der Waals surface area (Å²) < 4.78 is 25.4. The summed E-state index contributed by atoms with van der Waals surface area (Å²) in [7, 11) is -3.22. The number of nitrogens with zero attached hydrogens (tertiary/aromatic N) is 3. The van der Waals surface area contributed by atoms with E-state index in [2.05, 4.69) is 15.9 Å². The molecule has 2 fully saturated rings. The number of sulfonamides is 1. The number of hydrogen-bond acceptors (Lipinski definition) is 4. The second-order valence-electron chi connectivity index (χ2n) is 6.37. The number of hydrogen-bond donors (Lipinski definition) is 0. The van der Waals surface area contributed by atoms with Gasteiger partial charge in [0.1, 0.15) is 0 Å². The van der Waals surface area contributed by atoms with Crippen molar-refractivity contribution in [2.75, 3.05) is 43.9 Å². The van der Waals surface area contributed by atoms with Crippen LogP contribution in [0.2, 0.25) is 0 Å². The third-order valence-corrected chi connectivity index (χ3v) is 6.46. The van der Waals surface area contributed by atoms with Gasteiger partial charge in [0.05, 0.1) is 12.2 Å². The Morgan fingerprint density at radius 1 is 1.12 bits per heavy atom. The van der Waals surface area contributed by atoms with Gasteiger partial charge in [-0.15, -0.1) is 0 Å². The summed E-state index contributed by atoms with van der Waals surface area (Å²) in [5.74, 6) is -0.502. The minimum Gasteiger partial charge on any atom is -0.340 e. The molecule has 25 heavy (non-hydrogen) atoms. The van der Waals surface area contributed by atoms with Crippen LogP contribution >= 0.6 is 15.9 Å². The number of carbonyl (C=O) groups is 2. The summed E-state index contributed by atoms with van der Waals surface area (Å²) in [5.41, 5.74) is 0.783. The molecule has 0 bridgehead atoms. The van der Waals surface area contributed by atoms with Gasteiger partial charge < -0.3 is 9.80 Å². The Labute approximate surface area is 155 Å². The molecule has 1 aromatic rings. The van der Waals surface area contributed by atoms with Crippen LogP contribution in [0.4, 0.5) is 5.69 Å². The molecule has 1 aromatic carbocycles. The molecule has 9 heteroatoms. The van der Waals surface area contributed by atoms with Gasteiger partial charge in [-0.2, -0.15) is 4.31 Å². The Morgan fingerprint density at radius 2 is 1.72 bits per heavy atom. The monoisotopic (exact) mass is 429 g/mol. The lowest BCUT2D eigenvalue weighted by Crippen LogP contribution is -2.51. The summed E-state index contributed by atoms with van der Waals surface area (Å²) in [6.07, 6.45) is 1.37. The molecule has 0 radical (unpaired) electrons. The second-order valence-corrected chi connectivity index (χ2v) is 9.27. The van der Waals surface area contributed by atoms with Gasteiger partial charge in [0.2, 0.25) is 21.8 Å². The van der Waals surface area contributed by atoms with Crippen LogP contribution in [-0.4, -0.2) is 68.4 Å². The molecule has 2 saturated heterocycles. The van der Waals surface area contributed by atoms with E-state index in [1.165, 1.54) is 10.6 Å². The van der Waals surface area contributed by atoms with Gasteiger partial charge in [-0.1, -0.05) is 15.9 Å². The van der Waals surface area contributed by atoms with Crippen molar-refractivity contribution < 1.29 is 18.0 Å². The first kappa shape index (κ1) is 18.3. The van der Waals surface area contributed by atoms with Gasteiger partial charge in [-0.25, -0.2) is 8.42 Å². The lowest BCUT2D eigenvalue weighted by atomic mass is 10.1. The highest BCUT2D eigenvalue weighted by Crippen LogP contribution is 2.27. The zero-order valence-electron chi connectivity index (χ0n) is 13.9. The van der Waals surface area contributed by atoms with Crippen molar-refractivity contribution in [3.05, 3.63) is 28.7 Å². The number of halogens is 1. The number of piperazine rings is 1. The maximum Gasteiger partial charge on any atom is 0.228 e. The van der Waals surface area contributed by atoms with Crippen LogP contribution in [0.1, 0.15) is 6.42 Å². The largest absolute Gasteiger partial charge is 0.340 e. The lowest BCUT2D eigenvalue weighted by molar-refractivity contribution is -0.136. The molecule has 0 spiro atoms.